The Hall–Kier alpha value is -3.62. The Bertz CT molecular complexity index is 1660. The lowest BCUT2D eigenvalue weighted by Crippen LogP contribution is -2.35. The largest absolute Gasteiger partial charge is 0.505 e. The molecule has 15 nitrogen and oxygen atoms in total. The Morgan fingerprint density at radius 1 is 0.620 bits per heavy atom. The smallest absolute Gasteiger partial charge is 0.334 e. The minimum Gasteiger partial charge on any atom is -0.505 e. The minimum atomic E-state index is -4.60. The Balaban J connectivity index is 1.57. The summed E-state index contributed by atoms with van der Waals surface area (Å²) in [4.78, 5) is 67.9. The van der Waals surface area contributed by atoms with Crippen molar-refractivity contribution in [1.29, 1.82) is 0 Å². The van der Waals surface area contributed by atoms with E-state index in [1.54, 1.807) is 26.0 Å². The number of phenols is 2. The van der Waals surface area contributed by atoms with Crippen LogP contribution < -0.4 is 10.6 Å². The number of phenolic OH excluding ortho intramolecular Hbond substituents is 2. The lowest BCUT2D eigenvalue weighted by Gasteiger charge is -2.27. The van der Waals surface area contributed by atoms with Gasteiger partial charge in [-0.05, 0) is 42.7 Å². The van der Waals surface area contributed by atoms with E-state index in [4.69, 9.17) is 0 Å². The van der Waals surface area contributed by atoms with Crippen LogP contribution in [0.15, 0.2) is 54.6 Å². The molecule has 0 atom stereocenters. The molecule has 50 heavy (non-hydrogen) atoms. The highest BCUT2D eigenvalue weighted by Gasteiger charge is 2.24. The van der Waals surface area contributed by atoms with Crippen molar-refractivity contribution >= 4 is 38.4 Å². The topological polar surface area (TPSA) is 223 Å². The maximum Gasteiger partial charge on any atom is 0.334 e. The van der Waals surface area contributed by atoms with E-state index in [0.29, 0.717) is 70.0 Å². The first kappa shape index (κ1) is 39.2. The number of anilines is 2. The summed E-state index contributed by atoms with van der Waals surface area (Å²) in [5.41, 5.74) is 3.80. The molecular weight excluding hydrogens is 688 g/mol. The summed E-state index contributed by atoms with van der Waals surface area (Å²) in [6.07, 6.45) is -2.01. The standard InChI is InChI=1S/C33H45N5O10P2/c1-23-14-26(32(41)28(16-23)34-30(39)21-49(43,44)45)19-37-10-8-36(18-25-6-4-3-5-7-25)9-11-38(13-12-37)20-27-15-24(2)17-29(33(27)42)35-31(40)22-50(46,47)48/h3-7,14-17,41-42H,8-13,18-22H2,1-2H3,(H,34,39)(H,35,40)(H2,43,44,45)(H2,46,47,48). The average molecular weight is 734 g/mol. The van der Waals surface area contributed by atoms with E-state index in [1.807, 2.05) is 18.2 Å². The SMILES string of the molecule is Cc1cc(CN2CCN(Cc3ccccc3)CCN(Cc3cc(C)cc(NC(=O)CP(=O)(O)O)c3O)CC2)c(O)c(NC(=O)CP(=O)(O)O)c1. The van der Waals surface area contributed by atoms with E-state index < -0.39 is 39.3 Å². The molecule has 0 bridgehead atoms. The van der Waals surface area contributed by atoms with Gasteiger partial charge in [0.1, 0.15) is 23.8 Å². The molecule has 1 aliphatic heterocycles. The summed E-state index contributed by atoms with van der Waals surface area (Å²) in [5.74, 6) is -2.20. The maximum atomic E-state index is 12.3. The highest BCUT2D eigenvalue weighted by Crippen LogP contribution is 2.37. The zero-order valence-electron chi connectivity index (χ0n) is 28.0. The van der Waals surface area contributed by atoms with Crippen LogP contribution in [0.1, 0.15) is 27.8 Å². The molecule has 1 heterocycles. The number of amides is 2. The Labute approximate surface area is 290 Å². The number of aryl methyl sites for hydroxylation is 2. The number of benzene rings is 3. The molecule has 3 aromatic carbocycles. The summed E-state index contributed by atoms with van der Waals surface area (Å²) in [6, 6.07) is 16.7. The number of rotatable bonds is 12. The van der Waals surface area contributed by atoms with Crippen molar-refractivity contribution in [3.05, 3.63) is 82.4 Å². The van der Waals surface area contributed by atoms with Gasteiger partial charge in [-0.1, -0.05) is 42.5 Å². The van der Waals surface area contributed by atoms with Crippen LogP contribution in [0.2, 0.25) is 0 Å². The van der Waals surface area contributed by atoms with Crippen molar-refractivity contribution in [3.63, 3.8) is 0 Å². The van der Waals surface area contributed by atoms with E-state index in [1.165, 1.54) is 12.1 Å². The van der Waals surface area contributed by atoms with Crippen molar-refractivity contribution in [2.75, 3.05) is 62.2 Å². The first-order valence-electron chi connectivity index (χ1n) is 16.0. The van der Waals surface area contributed by atoms with Gasteiger partial charge in [0.15, 0.2) is 0 Å². The van der Waals surface area contributed by atoms with Gasteiger partial charge >= 0.3 is 15.2 Å². The van der Waals surface area contributed by atoms with Crippen LogP contribution in [0.4, 0.5) is 11.4 Å². The lowest BCUT2D eigenvalue weighted by molar-refractivity contribution is -0.115. The average Bonchev–Trinajstić information content (AvgIpc) is 3.07. The second kappa shape index (κ2) is 17.1. The molecule has 272 valence electrons. The molecule has 0 radical (unpaired) electrons. The zero-order valence-corrected chi connectivity index (χ0v) is 29.8. The Morgan fingerprint density at radius 2 is 0.980 bits per heavy atom. The van der Waals surface area contributed by atoms with Gasteiger partial charge in [-0.15, -0.1) is 0 Å². The maximum absolute atomic E-state index is 12.3. The zero-order chi connectivity index (χ0) is 36.6. The number of nitrogens with zero attached hydrogens (tertiary/aromatic N) is 3. The number of aromatic hydroxyl groups is 2. The van der Waals surface area contributed by atoms with Gasteiger partial charge in [-0.3, -0.25) is 33.4 Å². The van der Waals surface area contributed by atoms with Gasteiger partial charge in [0.05, 0.1) is 11.4 Å². The van der Waals surface area contributed by atoms with Crippen molar-refractivity contribution in [1.82, 2.24) is 14.7 Å². The summed E-state index contributed by atoms with van der Waals surface area (Å²) >= 11 is 0. The monoisotopic (exact) mass is 733 g/mol. The third kappa shape index (κ3) is 12.6. The van der Waals surface area contributed by atoms with E-state index in [-0.39, 0.29) is 22.9 Å². The highest BCUT2D eigenvalue weighted by atomic mass is 31.2. The molecule has 0 saturated carbocycles. The van der Waals surface area contributed by atoms with Gasteiger partial charge in [0.25, 0.3) is 0 Å². The molecule has 17 heteroatoms. The molecule has 1 aliphatic rings. The Kier molecular flexibility index (Phi) is 13.4. The molecule has 2 amide bonds. The quantitative estimate of drug-likeness (QED) is 0.0992. The number of hydrogen-bond acceptors (Lipinski definition) is 9. The van der Waals surface area contributed by atoms with E-state index in [0.717, 1.165) is 16.7 Å². The molecule has 0 aliphatic carbocycles. The molecule has 1 saturated heterocycles. The van der Waals surface area contributed by atoms with Crippen LogP contribution in [-0.4, -0.2) is 108 Å². The molecule has 0 spiro atoms. The third-order valence-corrected chi connectivity index (χ3v) is 9.55. The van der Waals surface area contributed by atoms with Crippen LogP contribution in [-0.2, 0) is 38.4 Å². The van der Waals surface area contributed by atoms with Crippen LogP contribution in [0.25, 0.3) is 0 Å². The summed E-state index contributed by atoms with van der Waals surface area (Å²) in [5, 5.41) is 27.1. The van der Waals surface area contributed by atoms with Gasteiger partial charge < -0.3 is 40.4 Å². The molecular formula is C33H45N5O10P2. The highest BCUT2D eigenvalue weighted by molar-refractivity contribution is 7.53. The number of carbonyl (C=O) groups is 2. The molecule has 3 aromatic rings. The van der Waals surface area contributed by atoms with Crippen LogP contribution in [0.3, 0.4) is 0 Å². The summed E-state index contributed by atoms with van der Waals surface area (Å²) in [6.45, 7) is 8.70. The number of carbonyl (C=O) groups excluding carboxylic acids is 2. The van der Waals surface area contributed by atoms with Gasteiger partial charge in [-0.25, -0.2) is 0 Å². The second-order valence-corrected chi connectivity index (χ2v) is 16.0. The van der Waals surface area contributed by atoms with Crippen molar-refractivity contribution in [3.8, 4) is 11.5 Å². The molecule has 4 rings (SSSR count). The van der Waals surface area contributed by atoms with Gasteiger partial charge in [0, 0.05) is 70.0 Å². The molecule has 0 unspecified atom stereocenters. The minimum absolute atomic E-state index is 0.0636. The molecule has 8 N–H and O–H groups in total. The van der Waals surface area contributed by atoms with E-state index >= 15 is 0 Å². The van der Waals surface area contributed by atoms with Crippen LogP contribution in [0.5, 0.6) is 11.5 Å². The summed E-state index contributed by atoms with van der Waals surface area (Å²) < 4.78 is 22.7. The van der Waals surface area contributed by atoms with Crippen molar-refractivity contribution in [2.45, 2.75) is 33.5 Å². The predicted octanol–water partition coefficient (Wildman–Crippen LogP) is 2.77. The summed E-state index contributed by atoms with van der Waals surface area (Å²) in [7, 11) is -9.20. The molecule has 0 aromatic heterocycles. The first-order chi connectivity index (χ1) is 23.4. The van der Waals surface area contributed by atoms with Crippen molar-refractivity contribution < 1.29 is 48.5 Å². The van der Waals surface area contributed by atoms with Gasteiger partial charge in [-0.2, -0.15) is 0 Å². The van der Waals surface area contributed by atoms with Crippen LogP contribution in [0, 0.1) is 13.8 Å². The molecule has 1 fully saturated rings. The fourth-order valence-corrected chi connectivity index (χ4v) is 6.78. The first-order valence-corrected chi connectivity index (χ1v) is 19.6. The second-order valence-electron chi connectivity index (χ2n) is 12.7. The fourth-order valence-electron chi connectivity index (χ4n) is 5.87. The predicted molar refractivity (Wildman–Crippen MR) is 189 cm³/mol. The third-order valence-electron chi connectivity index (χ3n) is 8.15. The lowest BCUT2D eigenvalue weighted by atomic mass is 10.1. The van der Waals surface area contributed by atoms with E-state index in [2.05, 4.69) is 37.5 Å². The van der Waals surface area contributed by atoms with E-state index in [9.17, 15) is 48.5 Å². The fraction of sp³-hybridized carbons (Fsp3) is 0.394. The van der Waals surface area contributed by atoms with Gasteiger partial charge in [0.2, 0.25) is 11.8 Å². The Morgan fingerprint density at radius 3 is 1.34 bits per heavy atom. The number of hydrogen-bond donors (Lipinski definition) is 8. The normalized spacial score (nSPS) is 15.6. The van der Waals surface area contributed by atoms with Crippen LogP contribution >= 0.6 is 15.2 Å². The van der Waals surface area contributed by atoms with Crippen molar-refractivity contribution in [2.24, 2.45) is 0 Å². The number of nitrogens with one attached hydrogen (secondary N) is 2.